The molecule has 0 aromatic rings. The Labute approximate surface area is 114 Å². The van der Waals surface area contributed by atoms with Gasteiger partial charge in [-0.2, -0.15) is 0 Å². The molecule has 0 aliphatic carbocycles. The molecule has 6 nitrogen and oxygen atoms in total. The first-order chi connectivity index (χ1) is 9.09. The molecule has 6 heteroatoms. The second kappa shape index (κ2) is 9.91. The Balaban J connectivity index is 0.000000344. The normalized spacial score (nSPS) is 15.5. The number of amides is 1. The van der Waals surface area contributed by atoms with Gasteiger partial charge in [0.2, 0.25) is 5.91 Å². The van der Waals surface area contributed by atoms with E-state index in [9.17, 15) is 4.79 Å². The van der Waals surface area contributed by atoms with Crippen molar-refractivity contribution in [3.63, 3.8) is 0 Å². The largest absolute Gasteiger partial charge is 0.396 e. The predicted octanol–water partition coefficient (Wildman–Crippen LogP) is -1.04. The van der Waals surface area contributed by atoms with Gasteiger partial charge in [-0.3, -0.25) is 4.79 Å². The Bertz CT molecular complexity index is 244. The van der Waals surface area contributed by atoms with Crippen molar-refractivity contribution in [1.82, 2.24) is 10.2 Å². The maximum absolute atomic E-state index is 10.9. The first-order valence-corrected chi connectivity index (χ1v) is 6.53. The number of carbonyl (C=O) groups is 1. The molecule has 1 amide bonds. The summed E-state index contributed by atoms with van der Waals surface area (Å²) in [7, 11) is 0. The van der Waals surface area contributed by atoms with Gasteiger partial charge in [0.25, 0.3) is 0 Å². The van der Waals surface area contributed by atoms with Crippen LogP contribution in [0.15, 0.2) is 12.7 Å². The van der Waals surface area contributed by atoms with Crippen LogP contribution in [0.3, 0.4) is 0 Å². The number of aliphatic hydroxyl groups excluding tert-OH is 3. The minimum absolute atomic E-state index is 0.0431. The molecule has 1 rings (SSSR count). The molecule has 4 N–H and O–H groups in total. The van der Waals surface area contributed by atoms with E-state index >= 15 is 0 Å². The first kappa shape index (κ1) is 18.0. The number of hydrogen-bond acceptors (Lipinski definition) is 5. The quantitative estimate of drug-likeness (QED) is 0.481. The van der Waals surface area contributed by atoms with Gasteiger partial charge in [-0.1, -0.05) is 13.5 Å². The van der Waals surface area contributed by atoms with Gasteiger partial charge in [0.1, 0.15) is 0 Å². The number of aliphatic hydroxyl groups is 3. The predicted molar refractivity (Wildman–Crippen MR) is 73.6 cm³/mol. The zero-order valence-corrected chi connectivity index (χ0v) is 11.6. The van der Waals surface area contributed by atoms with E-state index in [-0.39, 0.29) is 25.7 Å². The highest BCUT2D eigenvalue weighted by atomic mass is 16.3. The lowest BCUT2D eigenvalue weighted by atomic mass is 9.88. The Kier molecular flexibility index (Phi) is 9.42. The fourth-order valence-corrected chi connectivity index (χ4v) is 1.50. The molecular weight excluding hydrogens is 248 g/mol. The van der Waals surface area contributed by atoms with Crippen LogP contribution in [0.5, 0.6) is 0 Å². The average molecular weight is 274 g/mol. The highest BCUT2D eigenvalue weighted by molar-refractivity contribution is 5.87. The molecule has 19 heavy (non-hydrogen) atoms. The van der Waals surface area contributed by atoms with Crippen LogP contribution < -0.4 is 5.32 Å². The summed E-state index contributed by atoms with van der Waals surface area (Å²) >= 11 is 0. The Morgan fingerprint density at radius 2 is 1.74 bits per heavy atom. The van der Waals surface area contributed by atoms with Gasteiger partial charge in [0.15, 0.2) is 0 Å². The minimum atomic E-state index is -0.667. The van der Waals surface area contributed by atoms with Gasteiger partial charge in [0, 0.05) is 31.6 Å². The van der Waals surface area contributed by atoms with Crippen molar-refractivity contribution in [2.24, 2.45) is 5.41 Å². The van der Waals surface area contributed by atoms with Crippen LogP contribution >= 0.6 is 0 Å². The fourth-order valence-electron chi connectivity index (χ4n) is 1.50. The maximum Gasteiger partial charge on any atom is 0.246 e. The SMILES string of the molecule is C=CC(=O)N1CCNCC1.CCC(CO)(CO)CO. The van der Waals surface area contributed by atoms with Crippen LogP contribution in [0.4, 0.5) is 0 Å². The van der Waals surface area contributed by atoms with Crippen molar-refractivity contribution in [2.75, 3.05) is 46.0 Å². The molecule has 1 fully saturated rings. The standard InChI is InChI=1S/C7H12N2O.C6H14O3/c1-2-7(10)9-5-3-8-4-6-9;1-2-6(3-7,4-8)5-9/h2,8H,1,3-6H2;7-9H,2-5H2,1H3. The highest BCUT2D eigenvalue weighted by Crippen LogP contribution is 2.18. The zero-order valence-electron chi connectivity index (χ0n) is 11.6. The molecule has 0 saturated carbocycles. The highest BCUT2D eigenvalue weighted by Gasteiger charge is 2.24. The lowest BCUT2D eigenvalue weighted by molar-refractivity contribution is -0.126. The van der Waals surface area contributed by atoms with E-state index in [0.29, 0.717) is 6.42 Å². The van der Waals surface area contributed by atoms with Crippen molar-refractivity contribution in [3.8, 4) is 0 Å². The lowest BCUT2D eigenvalue weighted by Crippen LogP contribution is -2.45. The third-order valence-corrected chi connectivity index (χ3v) is 3.36. The summed E-state index contributed by atoms with van der Waals surface area (Å²) in [6.45, 7) is 8.20. The van der Waals surface area contributed by atoms with Gasteiger partial charge in [-0.25, -0.2) is 0 Å². The number of nitrogens with one attached hydrogen (secondary N) is 1. The van der Waals surface area contributed by atoms with Crippen LogP contribution in [0, 0.1) is 5.41 Å². The van der Waals surface area contributed by atoms with Crippen LogP contribution in [-0.2, 0) is 4.79 Å². The van der Waals surface area contributed by atoms with E-state index in [1.165, 1.54) is 6.08 Å². The van der Waals surface area contributed by atoms with Gasteiger partial charge < -0.3 is 25.5 Å². The first-order valence-electron chi connectivity index (χ1n) is 6.53. The number of hydrogen-bond donors (Lipinski definition) is 4. The summed E-state index contributed by atoms with van der Waals surface area (Å²) in [5, 5.41) is 29.1. The molecule has 1 heterocycles. The van der Waals surface area contributed by atoms with Crippen LogP contribution in [0.1, 0.15) is 13.3 Å². The summed E-state index contributed by atoms with van der Waals surface area (Å²) in [6.07, 6.45) is 1.96. The molecule has 1 aliphatic heterocycles. The van der Waals surface area contributed by atoms with Crippen molar-refractivity contribution < 1.29 is 20.1 Å². The van der Waals surface area contributed by atoms with Crippen molar-refractivity contribution >= 4 is 5.91 Å². The summed E-state index contributed by atoms with van der Waals surface area (Å²) in [4.78, 5) is 12.7. The molecule has 0 bridgehead atoms. The van der Waals surface area contributed by atoms with E-state index in [1.807, 2.05) is 6.92 Å². The zero-order chi connectivity index (χ0) is 14.7. The summed E-state index contributed by atoms with van der Waals surface area (Å²) < 4.78 is 0. The van der Waals surface area contributed by atoms with Crippen LogP contribution in [-0.4, -0.2) is 72.1 Å². The second-order valence-corrected chi connectivity index (χ2v) is 4.61. The van der Waals surface area contributed by atoms with E-state index in [0.717, 1.165) is 26.2 Å². The Morgan fingerprint density at radius 1 is 1.26 bits per heavy atom. The molecule has 0 spiro atoms. The van der Waals surface area contributed by atoms with Crippen LogP contribution in [0.25, 0.3) is 0 Å². The van der Waals surface area contributed by atoms with E-state index in [4.69, 9.17) is 15.3 Å². The summed E-state index contributed by atoms with van der Waals surface area (Å²) in [6, 6.07) is 0. The lowest BCUT2D eigenvalue weighted by Gasteiger charge is -2.25. The average Bonchev–Trinajstić information content (AvgIpc) is 2.51. The number of nitrogens with zero attached hydrogens (tertiary/aromatic N) is 1. The fraction of sp³-hybridized carbons (Fsp3) is 0.769. The summed E-state index contributed by atoms with van der Waals surface area (Å²) in [5.74, 6) is 0.0431. The van der Waals surface area contributed by atoms with Crippen molar-refractivity contribution in [3.05, 3.63) is 12.7 Å². The van der Waals surface area contributed by atoms with Crippen LogP contribution in [0.2, 0.25) is 0 Å². The smallest absolute Gasteiger partial charge is 0.246 e. The second-order valence-electron chi connectivity index (χ2n) is 4.61. The maximum atomic E-state index is 10.9. The van der Waals surface area contributed by atoms with Gasteiger partial charge in [-0.05, 0) is 12.5 Å². The monoisotopic (exact) mass is 274 g/mol. The molecule has 0 aromatic carbocycles. The van der Waals surface area contributed by atoms with Crippen molar-refractivity contribution in [2.45, 2.75) is 13.3 Å². The summed E-state index contributed by atoms with van der Waals surface area (Å²) in [5.41, 5.74) is -0.667. The van der Waals surface area contributed by atoms with Gasteiger partial charge in [-0.15, -0.1) is 0 Å². The molecule has 0 aromatic heterocycles. The molecular formula is C13H26N2O4. The molecule has 0 atom stereocenters. The Morgan fingerprint density at radius 3 is 2.00 bits per heavy atom. The molecule has 0 unspecified atom stereocenters. The number of rotatable bonds is 5. The molecule has 112 valence electrons. The third-order valence-electron chi connectivity index (χ3n) is 3.36. The van der Waals surface area contributed by atoms with Gasteiger partial charge in [0.05, 0.1) is 19.8 Å². The van der Waals surface area contributed by atoms with E-state index in [2.05, 4.69) is 11.9 Å². The molecule has 1 aliphatic rings. The minimum Gasteiger partial charge on any atom is -0.396 e. The van der Waals surface area contributed by atoms with Crippen molar-refractivity contribution in [1.29, 1.82) is 0 Å². The van der Waals surface area contributed by atoms with E-state index < -0.39 is 5.41 Å². The third kappa shape index (κ3) is 6.15. The molecule has 1 saturated heterocycles. The van der Waals surface area contributed by atoms with E-state index in [1.54, 1.807) is 4.90 Å². The number of piperazine rings is 1. The molecule has 0 radical (unpaired) electrons. The Hall–Kier alpha value is -0.950. The number of carbonyl (C=O) groups excluding carboxylic acids is 1. The van der Waals surface area contributed by atoms with Gasteiger partial charge >= 0.3 is 0 Å². The topological polar surface area (TPSA) is 93.0 Å².